The van der Waals surface area contributed by atoms with Crippen LogP contribution in [0.2, 0.25) is 0 Å². The average molecular weight is 255 g/mol. The van der Waals surface area contributed by atoms with Gasteiger partial charge in [0.15, 0.2) is 0 Å². The zero-order valence-corrected chi connectivity index (χ0v) is 6.56. The quantitative estimate of drug-likeness (QED) is 0.465. The van der Waals surface area contributed by atoms with E-state index in [9.17, 15) is 9.95 Å². The molecule has 0 aliphatic carbocycles. The second-order valence-electron chi connectivity index (χ2n) is 0.847. The van der Waals surface area contributed by atoms with Crippen molar-refractivity contribution in [3.8, 4) is 0 Å². The molecule has 0 radical (unpaired) electrons. The van der Waals surface area contributed by atoms with Gasteiger partial charge in [0.05, 0.1) is 10.1 Å². The van der Waals surface area contributed by atoms with Crippen LogP contribution in [0.3, 0.4) is 0 Å². The average Bonchev–Trinajstić information content (AvgIpc) is 1.19. The molecular formula is CH3F3O3RhS-3. The Morgan fingerprint density at radius 3 is 1.33 bits per heavy atom. The van der Waals surface area contributed by atoms with Crippen LogP contribution in [0.5, 0.6) is 0 Å². The molecule has 0 atom stereocenters. The second kappa shape index (κ2) is 5.14. The zero-order valence-electron chi connectivity index (χ0n) is 4.10. The van der Waals surface area contributed by atoms with Gasteiger partial charge in [0.25, 0.3) is 0 Å². The van der Waals surface area contributed by atoms with Crippen molar-refractivity contribution in [1.82, 2.24) is 0 Å². The Labute approximate surface area is 57.2 Å². The summed E-state index contributed by atoms with van der Waals surface area (Å²) >= 11 is -4.58. The molecule has 0 bridgehead atoms. The fraction of sp³-hybridized carbons (Fsp3) is 1.00. The number of hydrogen-bond donors (Lipinski definition) is 0. The van der Waals surface area contributed by atoms with Crippen LogP contribution in [0.25, 0.3) is 0 Å². The normalized spacial score (nSPS) is 11.4. The van der Waals surface area contributed by atoms with Crippen molar-refractivity contribution in [2.45, 2.75) is 0 Å². The van der Waals surface area contributed by atoms with Crippen LogP contribution >= 0.6 is 0 Å². The van der Waals surface area contributed by atoms with Gasteiger partial charge in [0.1, 0.15) is 0 Å². The first-order valence-corrected chi connectivity index (χ1v) is 4.96. The van der Waals surface area contributed by atoms with Crippen molar-refractivity contribution in [3.05, 3.63) is 0 Å². The van der Waals surface area contributed by atoms with Crippen molar-refractivity contribution in [1.29, 1.82) is 0 Å². The van der Waals surface area contributed by atoms with Crippen molar-refractivity contribution in [3.63, 3.8) is 0 Å². The number of halogens is 3. The Morgan fingerprint density at radius 1 is 1.33 bits per heavy atom. The monoisotopic (exact) mass is 255 g/mol. The number of hydrogen-bond acceptors (Lipinski definition) is 3. The second-order valence-corrected chi connectivity index (χ2v) is 2.96. The van der Waals surface area contributed by atoms with Gasteiger partial charge in [-0.1, -0.05) is 0 Å². The van der Waals surface area contributed by atoms with E-state index in [0.29, 0.717) is 6.26 Å². The minimum atomic E-state index is -4.58. The van der Waals surface area contributed by atoms with E-state index < -0.39 is 27.6 Å². The van der Waals surface area contributed by atoms with Gasteiger partial charge in [0, 0.05) is 6.26 Å². The molecule has 8 heteroatoms. The third-order valence-corrected chi connectivity index (χ3v) is 0. The van der Waals surface area contributed by atoms with Crippen molar-refractivity contribution in [2.75, 3.05) is 6.26 Å². The molecular weight excluding hydrogens is 252 g/mol. The maximum absolute atomic E-state index is 9.80. The summed E-state index contributed by atoms with van der Waals surface area (Å²) in [7, 11) is -3.92. The molecule has 0 N–H and O–H groups in total. The van der Waals surface area contributed by atoms with E-state index in [1.807, 2.05) is 0 Å². The van der Waals surface area contributed by atoms with Gasteiger partial charge < -0.3 is 4.55 Å². The van der Waals surface area contributed by atoms with Gasteiger partial charge in [-0.05, 0) is 0 Å². The van der Waals surface area contributed by atoms with Crippen LogP contribution in [0.15, 0.2) is 0 Å². The first-order chi connectivity index (χ1) is 3.73. The molecule has 0 unspecified atom stereocenters. The molecule has 0 spiro atoms. The van der Waals surface area contributed by atoms with Gasteiger partial charge in [-0.25, -0.2) is 8.42 Å². The summed E-state index contributed by atoms with van der Waals surface area (Å²) in [5, 5.41) is 0. The molecule has 0 fully saturated rings. The predicted molar refractivity (Wildman–Crippen MR) is 18.9 cm³/mol. The van der Waals surface area contributed by atoms with Crippen LogP contribution in [-0.2, 0) is 27.6 Å². The molecule has 0 heterocycles. The van der Waals surface area contributed by atoms with Crippen molar-refractivity contribution in [2.24, 2.45) is 0 Å². The van der Waals surface area contributed by atoms with Crippen LogP contribution in [-0.4, -0.2) is 19.2 Å². The summed E-state index contributed by atoms with van der Waals surface area (Å²) in [4.78, 5) is 0. The van der Waals surface area contributed by atoms with Crippen LogP contribution in [0, 0.1) is 0 Å². The fourth-order valence-corrected chi connectivity index (χ4v) is 0. The summed E-state index contributed by atoms with van der Waals surface area (Å²) < 4.78 is 56.6. The van der Waals surface area contributed by atoms with Crippen molar-refractivity contribution >= 4 is 10.1 Å². The number of rotatable bonds is 0. The van der Waals surface area contributed by atoms with Crippen LogP contribution in [0.4, 0.5) is 9.95 Å². The molecule has 3 nitrogen and oxygen atoms in total. The van der Waals surface area contributed by atoms with E-state index in [-0.39, 0.29) is 0 Å². The molecule has 0 aliphatic heterocycles. The van der Waals surface area contributed by atoms with E-state index in [2.05, 4.69) is 0 Å². The minimum absolute atomic E-state index is 0.604. The van der Waals surface area contributed by atoms with Gasteiger partial charge in [-0.15, -0.1) is 0 Å². The molecule has 0 aliphatic rings. The standard InChI is InChI=1S/CH4O3S.3FH.Rh/c1-5(2,3)4;;;;/h1H3,(H,2,3,4);3*1H;/q;;;;+1/p-4. The summed E-state index contributed by atoms with van der Waals surface area (Å²) in [6.07, 6.45) is 0.604. The molecule has 0 saturated carbocycles. The molecule has 0 saturated heterocycles. The van der Waals surface area contributed by atoms with Gasteiger partial charge in [-0.3, -0.25) is 0 Å². The summed E-state index contributed by atoms with van der Waals surface area (Å²) in [6, 6.07) is 0. The SMILES string of the molecule is CS(=O)(=O)[O-].[F][Rh-2]([F])[F]. The molecule has 0 aromatic rings. The topological polar surface area (TPSA) is 57.2 Å². The fourth-order valence-electron chi connectivity index (χ4n) is 0. The molecule has 64 valence electrons. The molecule has 0 aromatic heterocycles. The summed E-state index contributed by atoms with van der Waals surface area (Å²) in [5.74, 6) is 0. The van der Waals surface area contributed by atoms with Crippen LogP contribution < -0.4 is 0 Å². The third kappa shape index (κ3) is 3180. The van der Waals surface area contributed by atoms with Gasteiger partial charge >= 0.3 is 27.4 Å². The maximum atomic E-state index is 9.80. The first kappa shape index (κ1) is 12.0. The van der Waals surface area contributed by atoms with E-state index in [1.165, 1.54) is 0 Å². The predicted octanol–water partition coefficient (Wildman–Crippen LogP) is 0.420. The van der Waals surface area contributed by atoms with E-state index >= 15 is 0 Å². The molecule has 9 heavy (non-hydrogen) atoms. The van der Waals surface area contributed by atoms with E-state index in [1.54, 1.807) is 0 Å². The van der Waals surface area contributed by atoms with Crippen molar-refractivity contribution < 1.29 is 40.4 Å². The van der Waals surface area contributed by atoms with E-state index in [0.717, 1.165) is 0 Å². The molecule has 0 rings (SSSR count). The Kier molecular flexibility index (Phi) is 6.87. The van der Waals surface area contributed by atoms with Gasteiger partial charge in [0.2, 0.25) is 0 Å². The Balaban J connectivity index is 0. The van der Waals surface area contributed by atoms with Crippen LogP contribution in [0.1, 0.15) is 0 Å². The summed E-state index contributed by atoms with van der Waals surface area (Å²) in [6.45, 7) is 0. The summed E-state index contributed by atoms with van der Waals surface area (Å²) in [5.41, 5.74) is 0. The Morgan fingerprint density at radius 2 is 1.33 bits per heavy atom. The Hall–Kier alpha value is 0.323. The zero-order chi connectivity index (χ0) is 8.08. The first-order valence-electron chi connectivity index (χ1n) is 1.29. The van der Waals surface area contributed by atoms with Gasteiger partial charge in [-0.2, -0.15) is 0 Å². The molecule has 0 amide bonds. The van der Waals surface area contributed by atoms with E-state index in [4.69, 9.17) is 13.0 Å². The third-order valence-electron chi connectivity index (χ3n) is 0. The Bertz CT molecular complexity index is 130. The molecule has 0 aromatic carbocycles.